The summed E-state index contributed by atoms with van der Waals surface area (Å²) in [5.74, 6) is -0.690. The average Bonchev–Trinajstić information content (AvgIpc) is 2.92. The molecule has 2 fully saturated rings. The molecular formula is C21H29NO4. The third-order valence-corrected chi connectivity index (χ3v) is 6.02. The minimum atomic E-state index is -0.999. The summed E-state index contributed by atoms with van der Waals surface area (Å²) in [5.41, 5.74) is 0.927. The number of hydrogen-bond donors (Lipinski definition) is 1. The zero-order valence-electron chi connectivity index (χ0n) is 16.1. The Bertz CT molecular complexity index is 698. The average molecular weight is 359 g/mol. The van der Waals surface area contributed by atoms with Crippen LogP contribution in [-0.4, -0.2) is 40.3 Å². The van der Waals surface area contributed by atoms with Gasteiger partial charge in [-0.25, -0.2) is 4.79 Å². The highest BCUT2D eigenvalue weighted by Crippen LogP contribution is 2.47. The number of rotatable bonds is 2. The van der Waals surface area contributed by atoms with E-state index in [1.807, 2.05) is 25.1 Å². The normalized spacial score (nSPS) is 29.2. The van der Waals surface area contributed by atoms with Crippen molar-refractivity contribution < 1.29 is 19.4 Å². The summed E-state index contributed by atoms with van der Waals surface area (Å²) in [6.45, 7) is 8.70. The quantitative estimate of drug-likeness (QED) is 0.871. The Morgan fingerprint density at radius 1 is 1.23 bits per heavy atom. The molecule has 3 rings (SSSR count). The Hall–Kier alpha value is -1.88. The standard InChI is InChI=1S/C21H29NO4/c1-14-6-5-7-15(12-14)18(23)22-17(19(24)25)13-26-21(22)10-8-16(9-11-21)20(2,3)4/h5-7,12,16-17H,8-11,13H2,1-4H3,(H,24,25). The number of carboxylic acid groups (broad SMARTS) is 1. The number of aliphatic carboxylic acids is 1. The van der Waals surface area contributed by atoms with E-state index in [1.54, 1.807) is 6.07 Å². The molecular weight excluding hydrogens is 330 g/mol. The van der Waals surface area contributed by atoms with Gasteiger partial charge in [0, 0.05) is 5.56 Å². The van der Waals surface area contributed by atoms with Crippen molar-refractivity contribution in [3.05, 3.63) is 35.4 Å². The van der Waals surface area contributed by atoms with E-state index in [-0.39, 0.29) is 17.9 Å². The second kappa shape index (κ2) is 6.69. The fourth-order valence-electron chi connectivity index (χ4n) is 4.41. The maximum atomic E-state index is 13.2. The van der Waals surface area contributed by atoms with Crippen molar-refractivity contribution in [1.29, 1.82) is 0 Å². The van der Waals surface area contributed by atoms with Gasteiger partial charge in [-0.15, -0.1) is 0 Å². The Labute approximate surface area is 155 Å². The van der Waals surface area contributed by atoms with E-state index in [0.717, 1.165) is 18.4 Å². The summed E-state index contributed by atoms with van der Waals surface area (Å²) in [6.07, 6.45) is 3.26. The number of ether oxygens (including phenoxy) is 1. The smallest absolute Gasteiger partial charge is 0.328 e. The Morgan fingerprint density at radius 2 is 1.88 bits per heavy atom. The molecule has 1 saturated heterocycles. The van der Waals surface area contributed by atoms with Crippen LogP contribution in [0.1, 0.15) is 62.4 Å². The fraction of sp³-hybridized carbons (Fsp3) is 0.619. The van der Waals surface area contributed by atoms with E-state index < -0.39 is 17.7 Å². The van der Waals surface area contributed by atoms with E-state index in [1.165, 1.54) is 4.90 Å². The topological polar surface area (TPSA) is 66.8 Å². The third kappa shape index (κ3) is 3.37. The summed E-state index contributed by atoms with van der Waals surface area (Å²) in [5, 5.41) is 9.66. The van der Waals surface area contributed by atoms with Crippen molar-refractivity contribution >= 4 is 11.9 Å². The van der Waals surface area contributed by atoms with Gasteiger partial charge in [0.25, 0.3) is 5.91 Å². The number of carbonyl (C=O) groups is 2. The number of nitrogens with zero attached hydrogens (tertiary/aromatic N) is 1. The molecule has 0 bridgehead atoms. The highest BCUT2D eigenvalue weighted by molar-refractivity contribution is 5.97. The Morgan fingerprint density at radius 3 is 2.42 bits per heavy atom. The first-order valence-electron chi connectivity index (χ1n) is 9.41. The van der Waals surface area contributed by atoms with Gasteiger partial charge in [0.2, 0.25) is 0 Å². The molecule has 0 radical (unpaired) electrons. The molecule has 5 nitrogen and oxygen atoms in total. The van der Waals surface area contributed by atoms with Gasteiger partial charge in [-0.05, 0) is 56.1 Å². The van der Waals surface area contributed by atoms with Crippen molar-refractivity contribution in [3.63, 3.8) is 0 Å². The maximum Gasteiger partial charge on any atom is 0.328 e. The second-order valence-electron chi connectivity index (χ2n) is 8.80. The van der Waals surface area contributed by atoms with Gasteiger partial charge in [-0.3, -0.25) is 9.69 Å². The predicted molar refractivity (Wildman–Crippen MR) is 98.9 cm³/mol. The predicted octanol–water partition coefficient (Wildman–Crippen LogP) is 3.85. The monoisotopic (exact) mass is 359 g/mol. The molecule has 1 saturated carbocycles. The van der Waals surface area contributed by atoms with Crippen LogP contribution >= 0.6 is 0 Å². The van der Waals surface area contributed by atoms with Crippen LogP contribution in [0, 0.1) is 18.3 Å². The highest BCUT2D eigenvalue weighted by Gasteiger charge is 2.54. The molecule has 1 aromatic rings. The zero-order chi connectivity index (χ0) is 19.1. The molecule has 1 spiro atoms. The lowest BCUT2D eigenvalue weighted by Crippen LogP contribution is -2.55. The molecule has 26 heavy (non-hydrogen) atoms. The lowest BCUT2D eigenvalue weighted by molar-refractivity contribution is -0.144. The molecule has 0 aromatic heterocycles. The minimum absolute atomic E-state index is 0.0626. The van der Waals surface area contributed by atoms with Gasteiger partial charge in [0.1, 0.15) is 5.72 Å². The Balaban J connectivity index is 1.90. The van der Waals surface area contributed by atoms with Crippen molar-refractivity contribution in [1.82, 2.24) is 4.90 Å². The molecule has 1 unspecified atom stereocenters. The van der Waals surface area contributed by atoms with Crippen LogP contribution in [0.15, 0.2) is 24.3 Å². The number of benzene rings is 1. The third-order valence-electron chi connectivity index (χ3n) is 6.02. The summed E-state index contributed by atoms with van der Waals surface area (Å²) in [4.78, 5) is 26.6. The molecule has 1 amide bonds. The van der Waals surface area contributed by atoms with Crippen molar-refractivity contribution in [2.75, 3.05) is 6.61 Å². The van der Waals surface area contributed by atoms with Crippen LogP contribution in [0.5, 0.6) is 0 Å². The van der Waals surface area contributed by atoms with E-state index in [9.17, 15) is 14.7 Å². The summed E-state index contributed by atoms with van der Waals surface area (Å²) in [6, 6.07) is 6.40. The van der Waals surface area contributed by atoms with Crippen molar-refractivity contribution in [2.24, 2.45) is 11.3 Å². The molecule has 1 aliphatic heterocycles. The minimum Gasteiger partial charge on any atom is -0.480 e. The van der Waals surface area contributed by atoms with Gasteiger partial charge < -0.3 is 9.84 Å². The first kappa shape index (κ1) is 18.9. The van der Waals surface area contributed by atoms with Crippen molar-refractivity contribution in [3.8, 4) is 0 Å². The van der Waals surface area contributed by atoms with Crippen molar-refractivity contribution in [2.45, 2.75) is 65.1 Å². The molecule has 1 aromatic carbocycles. The number of carbonyl (C=O) groups excluding carboxylic acids is 1. The summed E-state index contributed by atoms with van der Waals surface area (Å²) in [7, 11) is 0. The second-order valence-corrected chi connectivity index (χ2v) is 8.80. The number of carboxylic acids is 1. The lowest BCUT2D eigenvalue weighted by Gasteiger charge is -2.46. The van der Waals surface area contributed by atoms with Gasteiger partial charge in [-0.1, -0.05) is 38.5 Å². The number of aryl methyl sites for hydroxylation is 1. The fourth-order valence-corrected chi connectivity index (χ4v) is 4.41. The molecule has 1 atom stereocenters. The lowest BCUT2D eigenvalue weighted by atomic mass is 9.70. The first-order chi connectivity index (χ1) is 12.1. The molecule has 142 valence electrons. The SMILES string of the molecule is Cc1cccc(C(=O)N2C(C(=O)O)COC23CCC(C(C)(C)C)CC3)c1. The molecule has 2 aliphatic rings. The molecule has 5 heteroatoms. The van der Waals surface area contributed by atoms with E-state index in [2.05, 4.69) is 20.8 Å². The van der Waals surface area contributed by atoms with Crippen LogP contribution in [0.25, 0.3) is 0 Å². The van der Waals surface area contributed by atoms with E-state index in [0.29, 0.717) is 24.3 Å². The van der Waals surface area contributed by atoms with Gasteiger partial charge in [-0.2, -0.15) is 0 Å². The highest BCUT2D eigenvalue weighted by atomic mass is 16.5. The van der Waals surface area contributed by atoms with Crippen LogP contribution in [0.4, 0.5) is 0 Å². The van der Waals surface area contributed by atoms with Gasteiger partial charge >= 0.3 is 5.97 Å². The van der Waals surface area contributed by atoms with Crippen LogP contribution < -0.4 is 0 Å². The summed E-state index contributed by atoms with van der Waals surface area (Å²) < 4.78 is 6.03. The number of amides is 1. The van der Waals surface area contributed by atoms with Crippen LogP contribution in [-0.2, 0) is 9.53 Å². The molecule has 1 N–H and O–H groups in total. The Kier molecular flexibility index (Phi) is 4.86. The number of hydrogen-bond acceptors (Lipinski definition) is 3. The largest absolute Gasteiger partial charge is 0.480 e. The zero-order valence-corrected chi connectivity index (χ0v) is 16.1. The first-order valence-corrected chi connectivity index (χ1v) is 9.41. The summed E-state index contributed by atoms with van der Waals surface area (Å²) >= 11 is 0. The van der Waals surface area contributed by atoms with Crippen LogP contribution in [0.3, 0.4) is 0 Å². The van der Waals surface area contributed by atoms with Gasteiger partial charge in [0.15, 0.2) is 6.04 Å². The molecule has 1 aliphatic carbocycles. The van der Waals surface area contributed by atoms with Crippen LogP contribution in [0.2, 0.25) is 0 Å². The van der Waals surface area contributed by atoms with E-state index >= 15 is 0 Å². The molecule has 1 heterocycles. The van der Waals surface area contributed by atoms with Gasteiger partial charge in [0.05, 0.1) is 6.61 Å². The van der Waals surface area contributed by atoms with E-state index in [4.69, 9.17) is 4.74 Å². The maximum absolute atomic E-state index is 13.2.